The van der Waals surface area contributed by atoms with E-state index in [4.69, 9.17) is 14.2 Å². The molecular formula is C51H71F6N10NaO9S2. The van der Waals surface area contributed by atoms with Crippen LogP contribution in [0.15, 0.2) is 36.4 Å². The van der Waals surface area contributed by atoms with Crippen LogP contribution in [0.3, 0.4) is 0 Å². The minimum atomic E-state index is -4.66. The van der Waals surface area contributed by atoms with Gasteiger partial charge in [0.15, 0.2) is 0 Å². The molecule has 0 bridgehead atoms. The minimum absolute atomic E-state index is 0. The number of piperidine rings is 2. The number of esters is 1. The van der Waals surface area contributed by atoms with Crippen LogP contribution in [0.1, 0.15) is 115 Å². The van der Waals surface area contributed by atoms with E-state index in [-0.39, 0.29) is 119 Å². The number of carbonyl (C=O) groups is 4. The molecule has 2 saturated heterocycles. The van der Waals surface area contributed by atoms with Crippen molar-refractivity contribution in [3.63, 3.8) is 0 Å². The van der Waals surface area contributed by atoms with E-state index < -0.39 is 30.0 Å². The maximum absolute atomic E-state index is 13.2. The third-order valence-electron chi connectivity index (χ3n) is 13.0. The Hall–Kier alpha value is -4.90. The number of methoxy groups -OCH3 is 3. The second-order valence-corrected chi connectivity index (χ2v) is 21.5. The molecule has 434 valence electrons. The minimum Gasteiger partial charge on any atom is -0.870 e. The van der Waals surface area contributed by atoms with Crippen molar-refractivity contribution in [1.82, 2.24) is 28.5 Å². The number of likely N-dealkylation sites (tertiary alicyclic amines) is 2. The van der Waals surface area contributed by atoms with Gasteiger partial charge in [0.2, 0.25) is 33.7 Å². The molecule has 19 nitrogen and oxygen atoms in total. The summed E-state index contributed by atoms with van der Waals surface area (Å²) in [4.78, 5) is 63.1. The Morgan fingerprint density at radius 1 is 0.658 bits per heavy atom. The van der Waals surface area contributed by atoms with Crippen molar-refractivity contribution in [3.05, 3.63) is 59.2 Å². The number of carbonyl (C=O) groups excluding carboxylic acids is 3. The van der Waals surface area contributed by atoms with Crippen molar-refractivity contribution in [2.24, 2.45) is 11.8 Å². The van der Waals surface area contributed by atoms with Crippen LogP contribution in [0, 0.1) is 11.8 Å². The number of hydrogen-bond acceptors (Lipinski definition) is 18. The van der Waals surface area contributed by atoms with Gasteiger partial charge >= 0.3 is 53.8 Å². The number of benzene rings is 2. The number of nitrogens with zero attached hydrogens (tertiary/aromatic N) is 8. The van der Waals surface area contributed by atoms with Crippen molar-refractivity contribution in [3.8, 4) is 0 Å². The van der Waals surface area contributed by atoms with Gasteiger partial charge in [-0.3, -0.25) is 19.2 Å². The average molecular weight is 1170 g/mol. The second-order valence-electron chi connectivity index (χ2n) is 20.0. The molecule has 2 aromatic heterocycles. The van der Waals surface area contributed by atoms with E-state index in [2.05, 4.69) is 66.8 Å². The second kappa shape index (κ2) is 31.3. The SMILES string of the molecule is COCC(=O)N1CCC(N(CC(C)C)c2ccc([C@H](C)CC(=O)O)cc2Nc2nc(C(F)(F)F)ns2)CC1.COCC(=O)N1CCC(N(CC(C)C)c2ccc([C@H](C)CC(=O)OC)cc2Nc2nc(C(F)(F)F)ns2)CC1.[Na+].[OH-]. The molecule has 4 N–H and O–H groups in total. The molecule has 28 heteroatoms. The molecule has 79 heavy (non-hydrogen) atoms. The van der Waals surface area contributed by atoms with E-state index in [1.807, 2.05) is 37.3 Å². The van der Waals surface area contributed by atoms with Crippen LogP contribution in [-0.2, 0) is 45.7 Å². The maximum Gasteiger partial charge on any atom is 1.00 e. The Morgan fingerprint density at radius 2 is 1.03 bits per heavy atom. The first-order valence-electron chi connectivity index (χ1n) is 25.3. The predicted octanol–water partition coefficient (Wildman–Crippen LogP) is 6.87. The molecule has 0 aliphatic carbocycles. The summed E-state index contributed by atoms with van der Waals surface area (Å²) < 4.78 is 101. The number of carboxylic acids is 1. The van der Waals surface area contributed by atoms with Crippen LogP contribution in [0.2, 0.25) is 0 Å². The van der Waals surface area contributed by atoms with Crippen molar-refractivity contribution in [1.29, 1.82) is 0 Å². The summed E-state index contributed by atoms with van der Waals surface area (Å²) >= 11 is 1.25. The van der Waals surface area contributed by atoms with Crippen molar-refractivity contribution >= 4 is 79.8 Å². The Kier molecular flexibility index (Phi) is 27.1. The Morgan fingerprint density at radius 3 is 1.33 bits per heavy atom. The Balaban J connectivity index is 0.000000405. The summed E-state index contributed by atoms with van der Waals surface area (Å²) in [7, 11) is 4.31. The molecular weight excluding hydrogens is 1100 g/mol. The molecule has 0 spiro atoms. The zero-order valence-electron chi connectivity index (χ0n) is 46.2. The van der Waals surface area contributed by atoms with Crippen molar-refractivity contribution < 1.29 is 99.9 Å². The summed E-state index contributed by atoms with van der Waals surface area (Å²) in [6.45, 7) is 15.8. The third-order valence-corrected chi connectivity index (χ3v) is 14.3. The molecule has 2 aliphatic heterocycles. The quantitative estimate of drug-likeness (QED) is 0.0414. The maximum atomic E-state index is 13.2. The molecule has 2 fully saturated rings. The van der Waals surface area contributed by atoms with Gasteiger partial charge in [0.05, 0.1) is 42.7 Å². The van der Waals surface area contributed by atoms with E-state index in [0.717, 1.165) is 48.2 Å². The molecule has 4 heterocycles. The zero-order chi connectivity index (χ0) is 56.8. The molecule has 6 rings (SSSR count). The first-order valence-corrected chi connectivity index (χ1v) is 26.8. The largest absolute Gasteiger partial charge is 1.00 e. The van der Waals surface area contributed by atoms with Crippen LogP contribution in [0.25, 0.3) is 0 Å². The summed E-state index contributed by atoms with van der Waals surface area (Å²) in [6, 6.07) is 11.4. The van der Waals surface area contributed by atoms with Gasteiger partial charge < -0.3 is 55.0 Å². The normalized spacial score (nSPS) is 15.1. The van der Waals surface area contributed by atoms with Gasteiger partial charge in [0.25, 0.3) is 0 Å². The summed E-state index contributed by atoms with van der Waals surface area (Å²) in [6.07, 6.45) is -6.32. The topological polar surface area (TPSA) is 235 Å². The zero-order valence-corrected chi connectivity index (χ0v) is 49.9. The molecule has 4 aromatic rings. The van der Waals surface area contributed by atoms with Gasteiger partial charge in [-0.2, -0.15) is 45.1 Å². The van der Waals surface area contributed by atoms with E-state index >= 15 is 0 Å². The molecule has 0 saturated carbocycles. The van der Waals surface area contributed by atoms with Gasteiger partial charge in [-0.1, -0.05) is 53.7 Å². The predicted molar refractivity (Wildman–Crippen MR) is 284 cm³/mol. The van der Waals surface area contributed by atoms with Crippen molar-refractivity contribution in [2.75, 3.05) is 94.2 Å². The van der Waals surface area contributed by atoms with Crippen LogP contribution < -0.4 is 50.0 Å². The summed E-state index contributed by atoms with van der Waals surface area (Å²) in [5.74, 6) is -3.72. The van der Waals surface area contributed by atoms with E-state index in [1.54, 1.807) is 22.8 Å². The fourth-order valence-corrected chi connectivity index (χ4v) is 10.4. The average Bonchev–Trinajstić information content (AvgIpc) is 4.10. The van der Waals surface area contributed by atoms with E-state index in [1.165, 1.54) is 21.3 Å². The summed E-state index contributed by atoms with van der Waals surface area (Å²) in [5, 5.41) is 15.4. The van der Waals surface area contributed by atoms with E-state index in [0.29, 0.717) is 79.6 Å². The number of alkyl halides is 6. The van der Waals surface area contributed by atoms with Crippen LogP contribution in [0.4, 0.5) is 59.4 Å². The van der Waals surface area contributed by atoms with Crippen molar-refractivity contribution in [2.45, 2.75) is 116 Å². The molecule has 0 radical (unpaired) electrons. The van der Waals surface area contributed by atoms with Gasteiger partial charge in [0, 0.05) is 88.6 Å². The van der Waals surface area contributed by atoms with Crippen LogP contribution >= 0.6 is 23.1 Å². The number of aromatic nitrogens is 4. The van der Waals surface area contributed by atoms with Gasteiger partial charge in [-0.15, -0.1) is 0 Å². The van der Waals surface area contributed by atoms with Gasteiger partial charge in [-0.25, -0.2) is 0 Å². The van der Waals surface area contributed by atoms with Crippen LogP contribution in [0.5, 0.6) is 0 Å². The first kappa shape index (κ1) is 68.4. The Bertz CT molecular complexity index is 2580. The molecule has 2 amide bonds. The third kappa shape index (κ3) is 20.2. The summed E-state index contributed by atoms with van der Waals surface area (Å²) in [5.41, 5.74) is 4.26. The number of hydrogen-bond donors (Lipinski definition) is 3. The number of rotatable bonds is 22. The van der Waals surface area contributed by atoms with Crippen LogP contribution in [-0.4, -0.2) is 149 Å². The molecule has 2 aliphatic rings. The number of ether oxygens (including phenoxy) is 3. The fourth-order valence-electron chi connectivity index (χ4n) is 9.22. The van der Waals surface area contributed by atoms with E-state index in [9.17, 15) is 50.6 Å². The fraction of sp³-hybridized carbons (Fsp3) is 0.608. The first-order chi connectivity index (χ1) is 36.3. The molecule has 2 atom stereocenters. The Labute approximate surface area is 487 Å². The number of amides is 2. The molecule has 2 aromatic carbocycles. The van der Waals surface area contributed by atoms with Gasteiger partial charge in [-0.05, 0) is 84.7 Å². The monoisotopic (exact) mass is 1170 g/mol. The number of halogens is 6. The number of carboxylic acid groups (broad SMARTS) is 1. The standard InChI is InChI=1S/C26H36F3N5O4S.C25H34F3N5O4S.Na.H2O/c1-16(2)14-34(19-8-10-33(11-9-19)22(35)15-37-4)21-7-6-18(17(3)12-23(36)38-5)13-20(21)30-25-31-24(32-39-25)26(27,28)29;1-15(2)13-33(18-7-9-32(10-8-18)21(34)14-37-4)20-6-5-17(16(3)11-22(35)36)12-19(20)29-24-30-23(31-38-24)25(26,27)28;;/h6-7,13,16-17,19H,8-12,14-15H2,1-5H3,(H,30,31,32);5-6,12,15-16,18H,7-11,13-14H2,1-4H3,(H,35,36)(H,29,30,31);;1H2/q;;+1;/p-1/t17-;16-;;/m11../s1. The van der Waals surface area contributed by atoms with Gasteiger partial charge in [0.1, 0.15) is 13.2 Å². The molecule has 0 unspecified atom stereocenters. The number of aliphatic carboxylic acids is 1. The smallest absolute Gasteiger partial charge is 0.870 e. The number of anilines is 6. The number of nitrogens with one attached hydrogen (secondary N) is 2.